The van der Waals surface area contributed by atoms with Crippen LogP contribution in [0, 0.1) is 0 Å². The van der Waals surface area contributed by atoms with Gasteiger partial charge in [0.1, 0.15) is 0 Å². The van der Waals surface area contributed by atoms with Gasteiger partial charge in [-0.05, 0) is 60.1 Å². The van der Waals surface area contributed by atoms with E-state index in [9.17, 15) is 5.11 Å². The highest BCUT2D eigenvalue weighted by molar-refractivity contribution is 6.30. The van der Waals surface area contributed by atoms with Crippen molar-refractivity contribution in [1.82, 2.24) is 9.80 Å². The number of halogens is 1. The van der Waals surface area contributed by atoms with Crippen LogP contribution in [0.3, 0.4) is 0 Å². The zero-order valence-electron chi connectivity index (χ0n) is 15.9. The van der Waals surface area contributed by atoms with E-state index in [1.807, 2.05) is 12.1 Å². The Labute approximate surface area is 167 Å². The van der Waals surface area contributed by atoms with E-state index in [2.05, 4.69) is 40.1 Å². The molecule has 144 valence electrons. The van der Waals surface area contributed by atoms with Crippen molar-refractivity contribution in [3.8, 4) is 0 Å². The number of hydrogen-bond donors (Lipinski definition) is 1. The number of benzene rings is 2. The average Bonchev–Trinajstić information content (AvgIpc) is 2.71. The second-order valence-corrected chi connectivity index (χ2v) is 8.39. The fourth-order valence-electron chi connectivity index (χ4n) is 4.29. The molecular formula is C23H29ClN2O. The van der Waals surface area contributed by atoms with Crippen LogP contribution >= 0.6 is 11.6 Å². The molecule has 0 amide bonds. The van der Waals surface area contributed by atoms with Crippen molar-refractivity contribution in [3.05, 3.63) is 69.7 Å². The molecule has 0 saturated carbocycles. The molecule has 0 unspecified atom stereocenters. The molecule has 1 N–H and O–H groups in total. The van der Waals surface area contributed by atoms with Crippen molar-refractivity contribution in [2.24, 2.45) is 0 Å². The highest BCUT2D eigenvalue weighted by Crippen LogP contribution is 2.25. The number of aliphatic hydroxyl groups excluding tert-OH is 1. The van der Waals surface area contributed by atoms with Gasteiger partial charge in [0.25, 0.3) is 0 Å². The minimum Gasteiger partial charge on any atom is -0.387 e. The smallest absolute Gasteiger partial charge is 0.0917 e. The van der Waals surface area contributed by atoms with Gasteiger partial charge in [-0.3, -0.25) is 9.80 Å². The van der Waals surface area contributed by atoms with E-state index in [0.29, 0.717) is 0 Å². The predicted octanol–water partition coefficient (Wildman–Crippen LogP) is 4.07. The largest absolute Gasteiger partial charge is 0.387 e. The van der Waals surface area contributed by atoms with E-state index >= 15 is 0 Å². The summed E-state index contributed by atoms with van der Waals surface area (Å²) in [6, 6.07) is 14.7. The zero-order chi connectivity index (χ0) is 18.6. The van der Waals surface area contributed by atoms with Gasteiger partial charge in [0.15, 0.2) is 0 Å². The molecular weight excluding hydrogens is 356 g/mol. The molecule has 0 spiro atoms. The van der Waals surface area contributed by atoms with E-state index in [0.717, 1.165) is 49.9 Å². The molecule has 0 radical (unpaired) electrons. The summed E-state index contributed by atoms with van der Waals surface area (Å²) in [5.41, 5.74) is 5.32. The van der Waals surface area contributed by atoms with Crippen molar-refractivity contribution in [3.63, 3.8) is 0 Å². The van der Waals surface area contributed by atoms with Crippen LogP contribution in [0.15, 0.2) is 42.5 Å². The molecule has 1 heterocycles. The summed E-state index contributed by atoms with van der Waals surface area (Å²) in [7, 11) is 0. The molecule has 3 nitrogen and oxygen atoms in total. The summed E-state index contributed by atoms with van der Waals surface area (Å²) in [6.45, 7) is 5.80. The van der Waals surface area contributed by atoms with E-state index in [-0.39, 0.29) is 6.10 Å². The fourth-order valence-corrected chi connectivity index (χ4v) is 4.41. The molecule has 2 aliphatic rings. The summed E-state index contributed by atoms with van der Waals surface area (Å²) < 4.78 is 0. The van der Waals surface area contributed by atoms with Gasteiger partial charge >= 0.3 is 0 Å². The number of rotatable bonds is 5. The number of nitrogens with zero attached hydrogens (tertiary/aromatic N) is 2. The minimum atomic E-state index is -0.389. The van der Waals surface area contributed by atoms with Crippen molar-refractivity contribution >= 4 is 11.6 Å². The van der Waals surface area contributed by atoms with Gasteiger partial charge in [-0.15, -0.1) is 0 Å². The van der Waals surface area contributed by atoms with Gasteiger partial charge in [-0.25, -0.2) is 0 Å². The number of hydrogen-bond acceptors (Lipinski definition) is 3. The van der Waals surface area contributed by atoms with E-state index in [1.165, 1.54) is 42.4 Å². The van der Waals surface area contributed by atoms with Crippen LogP contribution in [0.5, 0.6) is 0 Å². The molecule has 27 heavy (non-hydrogen) atoms. The normalized spacial score (nSPS) is 19.6. The second kappa shape index (κ2) is 8.74. The highest BCUT2D eigenvalue weighted by Gasteiger charge is 2.21. The standard InChI is InChI=1S/C23H29ClN2O/c24-22-9-5-18(6-10-22)16-25-11-13-26(14-12-25)17-23(27)21-8-7-19-3-1-2-4-20(19)15-21/h5-10,15,23,27H,1-4,11-14,16-17H2/t23-/m0/s1. The lowest BCUT2D eigenvalue weighted by molar-refractivity contribution is 0.0700. The maximum atomic E-state index is 10.7. The average molecular weight is 385 g/mol. The summed E-state index contributed by atoms with van der Waals surface area (Å²) >= 11 is 5.97. The number of aryl methyl sites for hydroxylation is 2. The third-order valence-corrected chi connectivity index (χ3v) is 6.22. The van der Waals surface area contributed by atoms with Crippen LogP contribution in [0.25, 0.3) is 0 Å². The lowest BCUT2D eigenvalue weighted by Gasteiger charge is -2.35. The Morgan fingerprint density at radius 2 is 1.52 bits per heavy atom. The molecule has 1 atom stereocenters. The number of piperazine rings is 1. The van der Waals surface area contributed by atoms with Gasteiger partial charge in [0.2, 0.25) is 0 Å². The van der Waals surface area contributed by atoms with Crippen molar-refractivity contribution in [2.75, 3.05) is 32.7 Å². The summed E-state index contributed by atoms with van der Waals surface area (Å²) in [5.74, 6) is 0. The Hall–Kier alpha value is -1.39. The lowest BCUT2D eigenvalue weighted by Crippen LogP contribution is -2.47. The van der Waals surface area contributed by atoms with Crippen LogP contribution in [0.4, 0.5) is 0 Å². The number of aliphatic hydroxyl groups is 1. The third kappa shape index (κ3) is 4.91. The van der Waals surface area contributed by atoms with Crippen molar-refractivity contribution < 1.29 is 5.11 Å². The first-order valence-electron chi connectivity index (χ1n) is 10.2. The quantitative estimate of drug-likeness (QED) is 0.841. The fraction of sp³-hybridized carbons (Fsp3) is 0.478. The molecule has 1 saturated heterocycles. The number of fused-ring (bicyclic) bond motifs is 1. The van der Waals surface area contributed by atoms with Crippen LogP contribution in [-0.4, -0.2) is 47.6 Å². The van der Waals surface area contributed by atoms with E-state index in [1.54, 1.807) is 0 Å². The Morgan fingerprint density at radius 3 is 2.26 bits per heavy atom. The molecule has 1 aliphatic heterocycles. The van der Waals surface area contributed by atoms with E-state index < -0.39 is 0 Å². The predicted molar refractivity (Wildman–Crippen MR) is 111 cm³/mol. The maximum absolute atomic E-state index is 10.7. The van der Waals surface area contributed by atoms with Crippen LogP contribution < -0.4 is 0 Å². The molecule has 1 fully saturated rings. The molecule has 0 aromatic heterocycles. The van der Waals surface area contributed by atoms with Gasteiger partial charge in [0, 0.05) is 44.3 Å². The molecule has 1 aliphatic carbocycles. The number of β-amino-alcohol motifs (C(OH)–C–C–N with tert-alkyl or cyclic N) is 1. The van der Waals surface area contributed by atoms with Crippen LogP contribution in [-0.2, 0) is 19.4 Å². The van der Waals surface area contributed by atoms with Gasteiger partial charge < -0.3 is 5.11 Å². The summed E-state index contributed by atoms with van der Waals surface area (Å²) in [5, 5.41) is 11.5. The van der Waals surface area contributed by atoms with Crippen LogP contribution in [0.2, 0.25) is 5.02 Å². The topological polar surface area (TPSA) is 26.7 Å². The van der Waals surface area contributed by atoms with Crippen molar-refractivity contribution in [2.45, 2.75) is 38.3 Å². The summed E-state index contributed by atoms with van der Waals surface area (Å²) in [4.78, 5) is 4.87. The summed E-state index contributed by atoms with van der Waals surface area (Å²) in [6.07, 6.45) is 4.55. The SMILES string of the molecule is O[C@@H](CN1CCN(Cc2ccc(Cl)cc2)CC1)c1ccc2c(c1)CCCC2. The molecule has 2 aromatic carbocycles. The third-order valence-electron chi connectivity index (χ3n) is 5.97. The Bertz CT molecular complexity index is 753. The Balaban J connectivity index is 1.28. The van der Waals surface area contributed by atoms with E-state index in [4.69, 9.17) is 11.6 Å². The van der Waals surface area contributed by atoms with Gasteiger partial charge in [-0.2, -0.15) is 0 Å². The molecule has 4 rings (SSSR count). The first-order chi connectivity index (χ1) is 13.2. The van der Waals surface area contributed by atoms with Gasteiger partial charge in [0.05, 0.1) is 6.10 Å². The second-order valence-electron chi connectivity index (χ2n) is 7.95. The molecule has 0 bridgehead atoms. The Morgan fingerprint density at radius 1 is 0.852 bits per heavy atom. The molecule has 2 aromatic rings. The van der Waals surface area contributed by atoms with Gasteiger partial charge in [-0.1, -0.05) is 41.9 Å². The zero-order valence-corrected chi connectivity index (χ0v) is 16.7. The van der Waals surface area contributed by atoms with Crippen LogP contribution in [0.1, 0.15) is 41.2 Å². The Kier molecular flexibility index (Phi) is 6.14. The first-order valence-corrected chi connectivity index (χ1v) is 10.5. The lowest BCUT2D eigenvalue weighted by atomic mass is 9.89. The first kappa shape index (κ1) is 18.9. The van der Waals surface area contributed by atoms with Crippen molar-refractivity contribution in [1.29, 1.82) is 0 Å². The minimum absolute atomic E-state index is 0.389. The maximum Gasteiger partial charge on any atom is 0.0917 e. The monoisotopic (exact) mass is 384 g/mol. The molecule has 4 heteroatoms. The highest BCUT2D eigenvalue weighted by atomic mass is 35.5.